The van der Waals surface area contributed by atoms with E-state index in [0.29, 0.717) is 26.2 Å². The van der Waals surface area contributed by atoms with Crippen LogP contribution in [0.1, 0.15) is 30.5 Å². The van der Waals surface area contributed by atoms with Gasteiger partial charge in [-0.15, -0.1) is 0 Å². The Morgan fingerprint density at radius 1 is 1.47 bits per heavy atom. The topological polar surface area (TPSA) is 50.4 Å². The second-order valence-electron chi connectivity index (χ2n) is 4.71. The Hall–Kier alpha value is -1.39. The molecule has 0 aliphatic carbocycles. The van der Waals surface area contributed by atoms with Crippen LogP contribution in [0.25, 0.3) is 0 Å². The first-order chi connectivity index (χ1) is 9.31. The molecule has 1 unspecified atom stereocenters. The van der Waals surface area contributed by atoms with Crippen molar-refractivity contribution in [3.63, 3.8) is 0 Å². The SMILES string of the molecule is CCOCCC(=O)NCC1NCCc2ccccc21. The van der Waals surface area contributed by atoms with Gasteiger partial charge in [0.15, 0.2) is 0 Å². The Bertz CT molecular complexity index is 420. The van der Waals surface area contributed by atoms with Crippen molar-refractivity contribution in [2.45, 2.75) is 25.8 Å². The molecule has 2 N–H and O–H groups in total. The first-order valence-electron chi connectivity index (χ1n) is 6.97. The monoisotopic (exact) mass is 262 g/mol. The first-order valence-corrected chi connectivity index (χ1v) is 6.97. The second-order valence-corrected chi connectivity index (χ2v) is 4.71. The molecule has 19 heavy (non-hydrogen) atoms. The molecule has 0 spiro atoms. The van der Waals surface area contributed by atoms with Gasteiger partial charge < -0.3 is 15.4 Å². The average molecular weight is 262 g/mol. The number of nitrogens with one attached hydrogen (secondary N) is 2. The van der Waals surface area contributed by atoms with E-state index in [9.17, 15) is 4.79 Å². The van der Waals surface area contributed by atoms with Gasteiger partial charge in [-0.1, -0.05) is 24.3 Å². The molecule has 0 fully saturated rings. The number of carbonyl (C=O) groups excluding carboxylic acids is 1. The normalized spacial score (nSPS) is 17.8. The summed E-state index contributed by atoms with van der Waals surface area (Å²) in [4.78, 5) is 11.7. The highest BCUT2D eigenvalue weighted by Gasteiger charge is 2.19. The molecule has 0 saturated carbocycles. The molecule has 1 aliphatic heterocycles. The third kappa shape index (κ3) is 4.04. The van der Waals surface area contributed by atoms with Crippen molar-refractivity contribution in [3.05, 3.63) is 35.4 Å². The summed E-state index contributed by atoms with van der Waals surface area (Å²) in [6.45, 7) is 4.70. The van der Waals surface area contributed by atoms with Crippen molar-refractivity contribution in [1.82, 2.24) is 10.6 Å². The Balaban J connectivity index is 1.82. The molecule has 0 bridgehead atoms. The van der Waals surface area contributed by atoms with Crippen LogP contribution in [0.5, 0.6) is 0 Å². The van der Waals surface area contributed by atoms with Crippen LogP contribution in [0.2, 0.25) is 0 Å². The van der Waals surface area contributed by atoms with E-state index in [1.54, 1.807) is 0 Å². The Morgan fingerprint density at radius 2 is 2.32 bits per heavy atom. The van der Waals surface area contributed by atoms with Crippen molar-refractivity contribution in [2.24, 2.45) is 0 Å². The van der Waals surface area contributed by atoms with E-state index in [4.69, 9.17) is 4.74 Å². The summed E-state index contributed by atoms with van der Waals surface area (Å²) in [6, 6.07) is 8.65. The van der Waals surface area contributed by atoms with Crippen LogP contribution >= 0.6 is 0 Å². The van der Waals surface area contributed by atoms with Crippen LogP contribution in [0.15, 0.2) is 24.3 Å². The minimum absolute atomic E-state index is 0.0540. The van der Waals surface area contributed by atoms with Gasteiger partial charge in [-0.2, -0.15) is 0 Å². The molecular formula is C15H22N2O2. The van der Waals surface area contributed by atoms with Gasteiger partial charge in [0.05, 0.1) is 6.61 Å². The van der Waals surface area contributed by atoms with Crippen LogP contribution in [-0.4, -0.2) is 32.2 Å². The zero-order valence-corrected chi connectivity index (χ0v) is 11.4. The summed E-state index contributed by atoms with van der Waals surface area (Å²) in [7, 11) is 0. The molecule has 1 aromatic rings. The maximum absolute atomic E-state index is 11.7. The number of benzene rings is 1. The highest BCUT2D eigenvalue weighted by molar-refractivity contribution is 5.76. The third-order valence-corrected chi connectivity index (χ3v) is 3.40. The number of ether oxygens (including phenoxy) is 1. The molecule has 1 aliphatic rings. The molecule has 4 heteroatoms. The summed E-state index contributed by atoms with van der Waals surface area (Å²) in [5.74, 6) is 0.0540. The van der Waals surface area contributed by atoms with E-state index >= 15 is 0 Å². The van der Waals surface area contributed by atoms with Crippen LogP contribution in [-0.2, 0) is 16.0 Å². The van der Waals surface area contributed by atoms with Crippen molar-refractivity contribution >= 4 is 5.91 Å². The number of amides is 1. The van der Waals surface area contributed by atoms with Gasteiger partial charge >= 0.3 is 0 Å². The van der Waals surface area contributed by atoms with Crippen LogP contribution < -0.4 is 10.6 Å². The predicted molar refractivity (Wildman–Crippen MR) is 75.0 cm³/mol. The predicted octanol–water partition coefficient (Wildman–Crippen LogP) is 1.42. The van der Waals surface area contributed by atoms with E-state index in [1.807, 2.05) is 6.92 Å². The lowest BCUT2D eigenvalue weighted by molar-refractivity contribution is -0.122. The average Bonchev–Trinajstić information content (AvgIpc) is 2.45. The Morgan fingerprint density at radius 3 is 3.16 bits per heavy atom. The smallest absolute Gasteiger partial charge is 0.222 e. The molecule has 0 saturated heterocycles. The van der Waals surface area contributed by atoms with Gasteiger partial charge in [-0.3, -0.25) is 4.79 Å². The zero-order valence-electron chi connectivity index (χ0n) is 11.4. The summed E-state index contributed by atoms with van der Waals surface area (Å²) in [5.41, 5.74) is 2.69. The molecular weight excluding hydrogens is 240 g/mol. The second kappa shape index (κ2) is 7.26. The van der Waals surface area contributed by atoms with E-state index in [-0.39, 0.29) is 11.9 Å². The Kier molecular flexibility index (Phi) is 5.36. The minimum Gasteiger partial charge on any atom is -0.381 e. The van der Waals surface area contributed by atoms with Crippen LogP contribution in [0.4, 0.5) is 0 Å². The van der Waals surface area contributed by atoms with Gasteiger partial charge in [0.25, 0.3) is 0 Å². The lowest BCUT2D eigenvalue weighted by Gasteiger charge is -2.27. The van der Waals surface area contributed by atoms with Crippen molar-refractivity contribution in [3.8, 4) is 0 Å². The maximum Gasteiger partial charge on any atom is 0.222 e. The first kappa shape index (κ1) is 14.0. The van der Waals surface area contributed by atoms with Gasteiger partial charge in [-0.05, 0) is 31.0 Å². The van der Waals surface area contributed by atoms with Gasteiger partial charge in [0.1, 0.15) is 0 Å². The number of fused-ring (bicyclic) bond motifs is 1. The van der Waals surface area contributed by atoms with Gasteiger partial charge in [-0.25, -0.2) is 0 Å². The van der Waals surface area contributed by atoms with Gasteiger partial charge in [0, 0.05) is 25.6 Å². The van der Waals surface area contributed by atoms with E-state index in [1.165, 1.54) is 11.1 Å². The molecule has 1 aromatic carbocycles. The molecule has 1 atom stereocenters. The molecule has 4 nitrogen and oxygen atoms in total. The summed E-state index contributed by atoms with van der Waals surface area (Å²) >= 11 is 0. The number of hydrogen-bond donors (Lipinski definition) is 2. The minimum atomic E-state index is 0.0540. The molecule has 1 amide bonds. The molecule has 0 aromatic heterocycles. The lowest BCUT2D eigenvalue weighted by atomic mass is 9.94. The summed E-state index contributed by atoms with van der Waals surface area (Å²) in [6.07, 6.45) is 1.49. The number of carbonyl (C=O) groups is 1. The highest BCUT2D eigenvalue weighted by Crippen LogP contribution is 2.21. The van der Waals surface area contributed by atoms with E-state index in [2.05, 4.69) is 34.9 Å². The van der Waals surface area contributed by atoms with Crippen LogP contribution in [0.3, 0.4) is 0 Å². The molecule has 104 valence electrons. The maximum atomic E-state index is 11.7. The van der Waals surface area contributed by atoms with Crippen molar-refractivity contribution in [2.75, 3.05) is 26.3 Å². The molecule has 1 heterocycles. The van der Waals surface area contributed by atoms with Crippen molar-refractivity contribution in [1.29, 1.82) is 0 Å². The third-order valence-electron chi connectivity index (χ3n) is 3.40. The highest BCUT2D eigenvalue weighted by atomic mass is 16.5. The lowest BCUT2D eigenvalue weighted by Crippen LogP contribution is -2.39. The van der Waals surface area contributed by atoms with Crippen molar-refractivity contribution < 1.29 is 9.53 Å². The fraction of sp³-hybridized carbons (Fsp3) is 0.533. The summed E-state index contributed by atoms with van der Waals surface area (Å²) < 4.78 is 5.18. The van der Waals surface area contributed by atoms with E-state index < -0.39 is 0 Å². The number of rotatable bonds is 6. The fourth-order valence-electron chi connectivity index (χ4n) is 2.39. The zero-order chi connectivity index (χ0) is 13.5. The standard InChI is InChI=1S/C15H22N2O2/c1-2-19-10-8-15(18)17-11-14-13-6-4-3-5-12(13)7-9-16-14/h3-6,14,16H,2,7-11H2,1H3,(H,17,18). The van der Waals surface area contributed by atoms with Gasteiger partial charge in [0.2, 0.25) is 5.91 Å². The molecule has 0 radical (unpaired) electrons. The number of hydrogen-bond acceptors (Lipinski definition) is 3. The molecule has 2 rings (SSSR count). The fourth-order valence-corrected chi connectivity index (χ4v) is 2.39. The van der Waals surface area contributed by atoms with Crippen LogP contribution in [0, 0.1) is 0 Å². The summed E-state index contributed by atoms with van der Waals surface area (Å²) in [5, 5.41) is 6.42. The quantitative estimate of drug-likeness (QED) is 0.762. The van der Waals surface area contributed by atoms with E-state index in [0.717, 1.165) is 13.0 Å². The Labute approximate surface area is 114 Å². The largest absolute Gasteiger partial charge is 0.381 e.